The SMILES string of the molecule is CC1(CNC(=O)Cc2ccccn2)CCCNC1. The number of nitrogens with zero attached hydrogens (tertiary/aromatic N) is 1. The molecule has 0 bridgehead atoms. The average molecular weight is 247 g/mol. The van der Waals surface area contributed by atoms with Crippen molar-refractivity contribution in [1.29, 1.82) is 0 Å². The first-order valence-electron chi connectivity index (χ1n) is 6.55. The van der Waals surface area contributed by atoms with E-state index in [2.05, 4.69) is 22.5 Å². The first-order valence-corrected chi connectivity index (χ1v) is 6.55. The molecule has 2 N–H and O–H groups in total. The molecule has 4 nitrogen and oxygen atoms in total. The summed E-state index contributed by atoms with van der Waals surface area (Å²) in [5.41, 5.74) is 1.01. The van der Waals surface area contributed by atoms with Crippen molar-refractivity contribution < 1.29 is 4.79 Å². The van der Waals surface area contributed by atoms with Gasteiger partial charge in [0.1, 0.15) is 0 Å². The molecule has 1 aromatic rings. The molecule has 1 aliphatic rings. The Bertz CT molecular complexity index is 385. The number of piperidine rings is 1. The average Bonchev–Trinajstić information content (AvgIpc) is 2.39. The minimum absolute atomic E-state index is 0.0560. The quantitative estimate of drug-likeness (QED) is 0.838. The van der Waals surface area contributed by atoms with Gasteiger partial charge in [-0.1, -0.05) is 13.0 Å². The van der Waals surface area contributed by atoms with Crippen LogP contribution in [0.3, 0.4) is 0 Å². The molecular weight excluding hydrogens is 226 g/mol. The third-order valence-electron chi connectivity index (χ3n) is 3.47. The van der Waals surface area contributed by atoms with Crippen molar-refractivity contribution in [3.05, 3.63) is 30.1 Å². The van der Waals surface area contributed by atoms with Crippen LogP contribution in [0.1, 0.15) is 25.5 Å². The zero-order valence-corrected chi connectivity index (χ0v) is 10.9. The highest BCUT2D eigenvalue weighted by Crippen LogP contribution is 2.24. The fourth-order valence-corrected chi connectivity index (χ4v) is 2.31. The summed E-state index contributed by atoms with van der Waals surface area (Å²) in [5, 5.41) is 6.41. The summed E-state index contributed by atoms with van der Waals surface area (Å²) in [6.45, 7) is 5.04. The van der Waals surface area contributed by atoms with Crippen LogP contribution in [0.15, 0.2) is 24.4 Å². The van der Waals surface area contributed by atoms with E-state index in [1.807, 2.05) is 18.2 Å². The van der Waals surface area contributed by atoms with Crippen molar-refractivity contribution in [2.75, 3.05) is 19.6 Å². The molecule has 98 valence electrons. The fraction of sp³-hybridized carbons (Fsp3) is 0.571. The third kappa shape index (κ3) is 3.81. The highest BCUT2D eigenvalue weighted by molar-refractivity contribution is 5.78. The molecule has 0 spiro atoms. The first-order chi connectivity index (χ1) is 8.68. The Morgan fingerprint density at radius 2 is 2.44 bits per heavy atom. The van der Waals surface area contributed by atoms with Crippen LogP contribution < -0.4 is 10.6 Å². The Labute approximate surface area is 108 Å². The monoisotopic (exact) mass is 247 g/mol. The normalized spacial score (nSPS) is 23.6. The number of nitrogens with one attached hydrogen (secondary N) is 2. The number of pyridine rings is 1. The van der Waals surface area contributed by atoms with Gasteiger partial charge in [-0.15, -0.1) is 0 Å². The number of carbonyl (C=O) groups is 1. The Balaban J connectivity index is 1.78. The van der Waals surface area contributed by atoms with Crippen molar-refractivity contribution in [2.45, 2.75) is 26.2 Å². The van der Waals surface area contributed by atoms with Crippen LogP contribution in [0, 0.1) is 5.41 Å². The van der Waals surface area contributed by atoms with Gasteiger partial charge in [0.25, 0.3) is 0 Å². The van der Waals surface area contributed by atoms with Gasteiger partial charge in [0.15, 0.2) is 0 Å². The Morgan fingerprint density at radius 1 is 1.56 bits per heavy atom. The number of aromatic nitrogens is 1. The predicted octanol–water partition coefficient (Wildman–Crippen LogP) is 1.13. The predicted molar refractivity (Wildman–Crippen MR) is 71.2 cm³/mol. The summed E-state index contributed by atoms with van der Waals surface area (Å²) in [7, 11) is 0. The molecule has 0 saturated carbocycles. The van der Waals surface area contributed by atoms with Gasteiger partial charge < -0.3 is 10.6 Å². The van der Waals surface area contributed by atoms with Crippen molar-refractivity contribution in [3.63, 3.8) is 0 Å². The summed E-state index contributed by atoms with van der Waals surface area (Å²) in [6.07, 6.45) is 4.44. The smallest absolute Gasteiger partial charge is 0.226 e. The van der Waals surface area contributed by atoms with Crippen molar-refractivity contribution in [2.24, 2.45) is 5.41 Å². The van der Waals surface area contributed by atoms with E-state index in [1.54, 1.807) is 6.20 Å². The van der Waals surface area contributed by atoms with E-state index in [9.17, 15) is 4.79 Å². The molecule has 0 aliphatic carbocycles. The maximum absolute atomic E-state index is 11.8. The molecule has 0 radical (unpaired) electrons. The van der Waals surface area contributed by atoms with E-state index in [0.717, 1.165) is 25.3 Å². The molecule has 1 amide bonds. The van der Waals surface area contributed by atoms with Crippen LogP contribution in [0.2, 0.25) is 0 Å². The van der Waals surface area contributed by atoms with E-state index in [-0.39, 0.29) is 11.3 Å². The van der Waals surface area contributed by atoms with Gasteiger partial charge in [-0.2, -0.15) is 0 Å². The van der Waals surface area contributed by atoms with Crippen molar-refractivity contribution >= 4 is 5.91 Å². The number of hydrogen-bond acceptors (Lipinski definition) is 3. The molecule has 18 heavy (non-hydrogen) atoms. The van der Waals surface area contributed by atoms with E-state index in [1.165, 1.54) is 12.8 Å². The first kappa shape index (κ1) is 13.0. The Kier molecular flexibility index (Phi) is 4.31. The summed E-state index contributed by atoms with van der Waals surface area (Å²) >= 11 is 0. The topological polar surface area (TPSA) is 54.0 Å². The summed E-state index contributed by atoms with van der Waals surface area (Å²) in [5.74, 6) is 0.0560. The maximum atomic E-state index is 11.8. The van der Waals surface area contributed by atoms with Gasteiger partial charge in [0, 0.05) is 25.0 Å². The van der Waals surface area contributed by atoms with Crippen LogP contribution in [-0.2, 0) is 11.2 Å². The summed E-state index contributed by atoms with van der Waals surface area (Å²) < 4.78 is 0. The minimum Gasteiger partial charge on any atom is -0.355 e. The molecule has 2 rings (SSSR count). The van der Waals surface area contributed by atoms with Crippen molar-refractivity contribution in [3.8, 4) is 0 Å². The second-order valence-electron chi connectivity index (χ2n) is 5.37. The zero-order valence-electron chi connectivity index (χ0n) is 10.9. The van der Waals surface area contributed by atoms with Gasteiger partial charge in [0.2, 0.25) is 5.91 Å². The van der Waals surface area contributed by atoms with E-state index in [4.69, 9.17) is 0 Å². The van der Waals surface area contributed by atoms with Gasteiger partial charge in [0.05, 0.1) is 6.42 Å². The highest BCUT2D eigenvalue weighted by Gasteiger charge is 2.26. The van der Waals surface area contributed by atoms with E-state index >= 15 is 0 Å². The second-order valence-corrected chi connectivity index (χ2v) is 5.37. The molecule has 1 saturated heterocycles. The minimum atomic E-state index is 0.0560. The number of carbonyl (C=O) groups excluding carboxylic acids is 1. The van der Waals surface area contributed by atoms with Crippen LogP contribution in [0.5, 0.6) is 0 Å². The molecule has 1 atom stereocenters. The maximum Gasteiger partial charge on any atom is 0.226 e. The van der Waals surface area contributed by atoms with Crippen LogP contribution in [0.4, 0.5) is 0 Å². The molecule has 1 aliphatic heterocycles. The van der Waals surface area contributed by atoms with Gasteiger partial charge in [-0.05, 0) is 36.9 Å². The highest BCUT2D eigenvalue weighted by atomic mass is 16.1. The number of rotatable bonds is 4. The largest absolute Gasteiger partial charge is 0.355 e. The second kappa shape index (κ2) is 5.96. The molecule has 2 heterocycles. The number of hydrogen-bond donors (Lipinski definition) is 2. The summed E-state index contributed by atoms with van der Waals surface area (Å²) in [6, 6.07) is 5.64. The van der Waals surface area contributed by atoms with Gasteiger partial charge in [-0.25, -0.2) is 0 Å². The Hall–Kier alpha value is -1.42. The molecule has 1 unspecified atom stereocenters. The zero-order chi connectivity index (χ0) is 12.8. The molecule has 1 aromatic heterocycles. The third-order valence-corrected chi connectivity index (χ3v) is 3.47. The van der Waals surface area contributed by atoms with E-state index < -0.39 is 0 Å². The fourth-order valence-electron chi connectivity index (χ4n) is 2.31. The molecular formula is C14H21N3O. The summed E-state index contributed by atoms with van der Waals surface area (Å²) in [4.78, 5) is 16.0. The lowest BCUT2D eigenvalue weighted by molar-refractivity contribution is -0.121. The van der Waals surface area contributed by atoms with Crippen LogP contribution in [0.25, 0.3) is 0 Å². The standard InChI is InChI=1S/C14H21N3O/c1-14(6-4-7-15-10-14)11-17-13(18)9-12-5-2-3-8-16-12/h2-3,5,8,15H,4,6-7,9-11H2,1H3,(H,17,18). The lowest BCUT2D eigenvalue weighted by atomic mass is 9.83. The van der Waals surface area contributed by atoms with Gasteiger partial charge >= 0.3 is 0 Å². The lowest BCUT2D eigenvalue weighted by Gasteiger charge is -2.34. The van der Waals surface area contributed by atoms with Crippen LogP contribution >= 0.6 is 0 Å². The molecule has 1 fully saturated rings. The lowest BCUT2D eigenvalue weighted by Crippen LogP contribution is -2.46. The van der Waals surface area contributed by atoms with Crippen LogP contribution in [-0.4, -0.2) is 30.5 Å². The molecule has 0 aromatic carbocycles. The number of amides is 1. The van der Waals surface area contributed by atoms with E-state index in [0.29, 0.717) is 6.42 Å². The van der Waals surface area contributed by atoms with Crippen molar-refractivity contribution in [1.82, 2.24) is 15.6 Å². The Morgan fingerprint density at radius 3 is 3.11 bits per heavy atom. The van der Waals surface area contributed by atoms with Gasteiger partial charge in [-0.3, -0.25) is 9.78 Å². The molecule has 4 heteroatoms.